The van der Waals surface area contributed by atoms with Crippen molar-refractivity contribution in [1.82, 2.24) is 0 Å². The monoisotopic (exact) mass is 384 g/mol. The zero-order valence-electron chi connectivity index (χ0n) is 17.7. The molecule has 0 amide bonds. The van der Waals surface area contributed by atoms with Gasteiger partial charge in [-0.3, -0.25) is 4.79 Å². The molecular weight excluding hydrogens is 340 g/mol. The van der Waals surface area contributed by atoms with Crippen LogP contribution in [0.3, 0.4) is 0 Å². The Morgan fingerprint density at radius 2 is 1.19 bits per heavy atom. The average Bonchev–Trinajstić information content (AvgIpc) is 2.68. The maximum Gasteiger partial charge on any atom is 0.306 e. The molecule has 0 aliphatic heterocycles. The summed E-state index contributed by atoms with van der Waals surface area (Å²) in [6.07, 6.45) is 23.1. The highest BCUT2D eigenvalue weighted by atomic mass is 16.6. The number of unbranched alkanes of at least 4 members (excludes halogenated alkanes) is 13. The number of hydrogen-bond donors (Lipinski definition) is 2. The molecule has 4 nitrogen and oxygen atoms in total. The standard InChI is InChI=1S/C23H44O4/c1-2-3-4-5-6-7-8-9-10-11-12-13-14-15-16-17-18-19-23(26)27-22(20-24)21-25/h9-10,22,24-25H,2-8,11-21H2,1H3. The Bertz CT molecular complexity index is 337. The Morgan fingerprint density at radius 1 is 0.741 bits per heavy atom. The molecule has 0 saturated heterocycles. The molecule has 0 saturated carbocycles. The lowest BCUT2D eigenvalue weighted by Crippen LogP contribution is -2.25. The Hall–Kier alpha value is -0.870. The van der Waals surface area contributed by atoms with Crippen LogP contribution in [0.1, 0.15) is 110 Å². The van der Waals surface area contributed by atoms with Crippen molar-refractivity contribution in [3.8, 4) is 0 Å². The van der Waals surface area contributed by atoms with Gasteiger partial charge in [0.2, 0.25) is 0 Å². The SMILES string of the molecule is CCCCCCCCC=CCCCCCCCCCC(=O)OC(CO)CO. The average molecular weight is 385 g/mol. The summed E-state index contributed by atoms with van der Waals surface area (Å²) in [7, 11) is 0. The fourth-order valence-corrected chi connectivity index (χ4v) is 3.07. The smallest absolute Gasteiger partial charge is 0.306 e. The quantitative estimate of drug-likeness (QED) is 0.160. The third kappa shape index (κ3) is 19.7. The number of aliphatic hydroxyl groups is 2. The molecular formula is C23H44O4. The van der Waals surface area contributed by atoms with Gasteiger partial charge in [0, 0.05) is 6.42 Å². The summed E-state index contributed by atoms with van der Waals surface area (Å²) in [4.78, 5) is 11.5. The second kappa shape index (κ2) is 21.4. The summed E-state index contributed by atoms with van der Waals surface area (Å²) in [6.45, 7) is 1.62. The van der Waals surface area contributed by atoms with Crippen LogP contribution in [0, 0.1) is 0 Å². The molecule has 0 aliphatic carbocycles. The highest BCUT2D eigenvalue weighted by Gasteiger charge is 2.11. The highest BCUT2D eigenvalue weighted by molar-refractivity contribution is 5.69. The molecule has 0 aliphatic rings. The molecule has 0 aromatic heterocycles. The van der Waals surface area contributed by atoms with Crippen LogP contribution in [0.4, 0.5) is 0 Å². The van der Waals surface area contributed by atoms with E-state index in [4.69, 9.17) is 14.9 Å². The minimum atomic E-state index is -0.766. The first-order valence-corrected chi connectivity index (χ1v) is 11.3. The van der Waals surface area contributed by atoms with Crippen LogP contribution in [0.5, 0.6) is 0 Å². The molecule has 0 heterocycles. The van der Waals surface area contributed by atoms with Gasteiger partial charge in [0.1, 0.15) is 6.10 Å². The second-order valence-corrected chi connectivity index (χ2v) is 7.52. The molecule has 0 aromatic carbocycles. The maximum absolute atomic E-state index is 11.5. The van der Waals surface area contributed by atoms with E-state index in [1.54, 1.807) is 0 Å². The van der Waals surface area contributed by atoms with Crippen LogP contribution in [-0.4, -0.2) is 35.5 Å². The fourth-order valence-electron chi connectivity index (χ4n) is 3.07. The maximum atomic E-state index is 11.5. The molecule has 4 heteroatoms. The van der Waals surface area contributed by atoms with Crippen molar-refractivity contribution in [2.75, 3.05) is 13.2 Å². The Balaban J connectivity index is 3.24. The van der Waals surface area contributed by atoms with Gasteiger partial charge in [0.05, 0.1) is 13.2 Å². The lowest BCUT2D eigenvalue weighted by Gasteiger charge is -2.12. The fraction of sp³-hybridized carbons (Fsp3) is 0.870. The third-order valence-corrected chi connectivity index (χ3v) is 4.85. The summed E-state index contributed by atoms with van der Waals surface area (Å²) in [6, 6.07) is 0. The first kappa shape index (κ1) is 26.1. The molecule has 0 radical (unpaired) electrons. The second-order valence-electron chi connectivity index (χ2n) is 7.52. The van der Waals surface area contributed by atoms with Crippen molar-refractivity contribution in [1.29, 1.82) is 0 Å². The van der Waals surface area contributed by atoms with E-state index in [2.05, 4.69) is 19.1 Å². The molecule has 160 valence electrons. The van der Waals surface area contributed by atoms with Crippen LogP contribution >= 0.6 is 0 Å². The van der Waals surface area contributed by atoms with Gasteiger partial charge in [-0.25, -0.2) is 0 Å². The van der Waals surface area contributed by atoms with Crippen molar-refractivity contribution in [2.45, 2.75) is 116 Å². The zero-order chi connectivity index (χ0) is 20.0. The van der Waals surface area contributed by atoms with Gasteiger partial charge in [0.15, 0.2) is 0 Å². The molecule has 0 fully saturated rings. The van der Waals surface area contributed by atoms with E-state index < -0.39 is 6.10 Å². The molecule has 0 aromatic rings. The molecule has 0 spiro atoms. The van der Waals surface area contributed by atoms with E-state index in [0.717, 1.165) is 19.3 Å². The molecule has 2 N–H and O–H groups in total. The summed E-state index contributed by atoms with van der Waals surface area (Å²) in [5, 5.41) is 17.7. The summed E-state index contributed by atoms with van der Waals surface area (Å²) < 4.78 is 4.93. The van der Waals surface area contributed by atoms with E-state index in [9.17, 15) is 4.79 Å². The molecule has 0 bridgehead atoms. The Kier molecular flexibility index (Phi) is 20.7. The topological polar surface area (TPSA) is 66.8 Å². The van der Waals surface area contributed by atoms with Crippen LogP contribution in [0.2, 0.25) is 0 Å². The number of aliphatic hydroxyl groups excluding tert-OH is 2. The number of carbonyl (C=O) groups is 1. The van der Waals surface area contributed by atoms with Crippen LogP contribution in [-0.2, 0) is 9.53 Å². The van der Waals surface area contributed by atoms with Gasteiger partial charge in [-0.1, -0.05) is 83.3 Å². The van der Waals surface area contributed by atoms with Crippen molar-refractivity contribution < 1.29 is 19.7 Å². The Morgan fingerprint density at radius 3 is 1.67 bits per heavy atom. The first-order chi connectivity index (χ1) is 13.2. The lowest BCUT2D eigenvalue weighted by atomic mass is 10.1. The number of esters is 1. The van der Waals surface area contributed by atoms with Gasteiger partial charge in [-0.15, -0.1) is 0 Å². The summed E-state index contributed by atoms with van der Waals surface area (Å²) in [5.41, 5.74) is 0. The molecule has 0 unspecified atom stereocenters. The minimum absolute atomic E-state index is 0.323. The predicted octanol–water partition coefficient (Wildman–Crippen LogP) is 5.70. The third-order valence-electron chi connectivity index (χ3n) is 4.85. The Labute approximate surface area is 167 Å². The van der Waals surface area contributed by atoms with Gasteiger partial charge in [-0.05, 0) is 32.1 Å². The summed E-state index contributed by atoms with van der Waals surface area (Å²) >= 11 is 0. The van der Waals surface area contributed by atoms with Crippen LogP contribution < -0.4 is 0 Å². The number of ether oxygens (including phenoxy) is 1. The van der Waals surface area contributed by atoms with Crippen molar-refractivity contribution in [3.05, 3.63) is 12.2 Å². The van der Waals surface area contributed by atoms with Crippen molar-refractivity contribution in [3.63, 3.8) is 0 Å². The zero-order valence-corrected chi connectivity index (χ0v) is 17.7. The number of rotatable bonds is 20. The van der Waals surface area contributed by atoms with E-state index in [-0.39, 0.29) is 19.2 Å². The largest absolute Gasteiger partial charge is 0.457 e. The summed E-state index contributed by atoms with van der Waals surface area (Å²) in [5.74, 6) is -0.323. The van der Waals surface area contributed by atoms with Gasteiger partial charge in [-0.2, -0.15) is 0 Å². The van der Waals surface area contributed by atoms with E-state index in [1.807, 2.05) is 0 Å². The van der Waals surface area contributed by atoms with E-state index in [0.29, 0.717) is 6.42 Å². The van der Waals surface area contributed by atoms with E-state index in [1.165, 1.54) is 77.0 Å². The molecule has 0 atom stereocenters. The molecule has 27 heavy (non-hydrogen) atoms. The molecule has 0 rings (SSSR count). The van der Waals surface area contributed by atoms with Crippen LogP contribution in [0.25, 0.3) is 0 Å². The number of carbonyl (C=O) groups excluding carboxylic acids is 1. The lowest BCUT2D eigenvalue weighted by molar-refractivity contribution is -0.153. The van der Waals surface area contributed by atoms with Gasteiger partial charge >= 0.3 is 5.97 Å². The van der Waals surface area contributed by atoms with E-state index >= 15 is 0 Å². The van der Waals surface area contributed by atoms with Crippen LogP contribution in [0.15, 0.2) is 12.2 Å². The van der Waals surface area contributed by atoms with Gasteiger partial charge in [0.25, 0.3) is 0 Å². The highest BCUT2D eigenvalue weighted by Crippen LogP contribution is 2.11. The number of allylic oxidation sites excluding steroid dienone is 2. The van der Waals surface area contributed by atoms with Crippen molar-refractivity contribution >= 4 is 5.97 Å². The normalized spacial score (nSPS) is 11.6. The first-order valence-electron chi connectivity index (χ1n) is 11.3. The van der Waals surface area contributed by atoms with Gasteiger partial charge < -0.3 is 14.9 Å². The van der Waals surface area contributed by atoms with Crippen molar-refractivity contribution in [2.24, 2.45) is 0 Å². The minimum Gasteiger partial charge on any atom is -0.457 e. The number of hydrogen-bond acceptors (Lipinski definition) is 4. The predicted molar refractivity (Wildman–Crippen MR) is 113 cm³/mol.